The van der Waals surface area contributed by atoms with E-state index in [4.69, 9.17) is 17.3 Å². The van der Waals surface area contributed by atoms with Gasteiger partial charge < -0.3 is 14.2 Å². The Morgan fingerprint density at radius 3 is 2.38 bits per heavy atom. The Morgan fingerprint density at radius 1 is 0.966 bits per heavy atom. The van der Waals surface area contributed by atoms with Crippen molar-refractivity contribution in [1.82, 2.24) is 10.2 Å². The molecule has 0 radical (unpaired) electrons. The number of hydrogen-bond acceptors (Lipinski definition) is 7. The molecule has 29 heavy (non-hydrogen) atoms. The van der Waals surface area contributed by atoms with Crippen LogP contribution >= 0.6 is 0 Å². The smallest absolute Gasteiger partial charge is 0.335 e. The van der Waals surface area contributed by atoms with E-state index >= 15 is 0 Å². The van der Waals surface area contributed by atoms with Crippen molar-refractivity contribution in [3.8, 4) is 23.1 Å². The zero-order chi connectivity index (χ0) is 20.6. The Bertz CT molecular complexity index is 1130. The molecule has 1 N–H and O–H groups in total. The molecule has 0 aliphatic carbocycles. The lowest BCUT2D eigenvalue weighted by Crippen LogP contribution is -2.11. The molecule has 4 rings (SSSR count). The third kappa shape index (κ3) is 5.11. The van der Waals surface area contributed by atoms with E-state index in [1.165, 1.54) is 0 Å². The first-order valence-electron chi connectivity index (χ1n) is 8.38. The number of hydrogen-bond donors (Lipinski definition) is 1. The molecule has 0 saturated heterocycles. The molecule has 4 aromatic rings. The second kappa shape index (κ2) is 9.38. The minimum Gasteiger partial charge on any atom is -0.459 e. The number of nitrogens with one attached hydrogen (secondary N) is 1. The van der Waals surface area contributed by atoms with Gasteiger partial charge in [-0.15, -0.1) is 10.2 Å². The van der Waals surface area contributed by atoms with Crippen molar-refractivity contribution >= 4 is 23.2 Å². The van der Waals surface area contributed by atoms with Crippen molar-refractivity contribution in [2.75, 3.05) is 5.32 Å². The van der Waals surface area contributed by atoms with Gasteiger partial charge in [0.15, 0.2) is 5.76 Å². The van der Waals surface area contributed by atoms with Crippen LogP contribution in [0, 0.1) is 6.92 Å². The summed E-state index contributed by atoms with van der Waals surface area (Å²) in [5.41, 5.74) is 3.05. The summed E-state index contributed by atoms with van der Waals surface area (Å²) in [5.74, 6) is 0.985. The van der Waals surface area contributed by atoms with Gasteiger partial charge in [0.25, 0.3) is 11.8 Å². The third-order valence-corrected chi connectivity index (χ3v) is 3.84. The lowest BCUT2D eigenvalue weighted by Gasteiger charge is -2.06. The SMILES string of the molecule is Cc1ccc(C(=O)Nc2cccc(-c3nnc(-c4ccco4)o3)c2)cc1.O=S=O. The highest BCUT2D eigenvalue weighted by atomic mass is 32.1. The highest BCUT2D eigenvalue weighted by Crippen LogP contribution is 2.26. The van der Waals surface area contributed by atoms with Gasteiger partial charge in [0.2, 0.25) is 5.89 Å². The quantitative estimate of drug-likeness (QED) is 0.544. The van der Waals surface area contributed by atoms with E-state index < -0.39 is 11.6 Å². The number of amides is 1. The van der Waals surface area contributed by atoms with Crippen LogP contribution in [0.5, 0.6) is 0 Å². The van der Waals surface area contributed by atoms with Crippen LogP contribution in [-0.2, 0) is 11.6 Å². The predicted octanol–water partition coefficient (Wildman–Crippen LogP) is 3.89. The summed E-state index contributed by atoms with van der Waals surface area (Å²) in [6.45, 7) is 1.98. The molecule has 0 atom stereocenters. The van der Waals surface area contributed by atoms with E-state index in [2.05, 4.69) is 15.5 Å². The Morgan fingerprint density at radius 2 is 1.69 bits per heavy atom. The van der Waals surface area contributed by atoms with E-state index in [0.717, 1.165) is 5.56 Å². The van der Waals surface area contributed by atoms with Crippen LogP contribution in [0.3, 0.4) is 0 Å². The molecule has 8 nitrogen and oxygen atoms in total. The molecule has 2 aromatic heterocycles. The molecular formula is C20H15N3O5S. The topological polar surface area (TPSA) is 115 Å². The van der Waals surface area contributed by atoms with Gasteiger partial charge in [0, 0.05) is 16.8 Å². The minimum atomic E-state index is -0.750. The molecule has 0 bridgehead atoms. The van der Waals surface area contributed by atoms with Crippen molar-refractivity contribution in [2.24, 2.45) is 0 Å². The van der Waals surface area contributed by atoms with Gasteiger partial charge in [-0.25, -0.2) is 0 Å². The fourth-order valence-electron chi connectivity index (χ4n) is 2.48. The highest BCUT2D eigenvalue weighted by Gasteiger charge is 2.13. The highest BCUT2D eigenvalue weighted by molar-refractivity contribution is 7.51. The lowest BCUT2D eigenvalue weighted by atomic mass is 10.1. The Hall–Kier alpha value is -3.85. The molecule has 0 aliphatic heterocycles. The summed E-state index contributed by atoms with van der Waals surface area (Å²) in [4.78, 5) is 12.4. The monoisotopic (exact) mass is 409 g/mol. The van der Waals surface area contributed by atoms with Gasteiger partial charge >= 0.3 is 11.6 Å². The summed E-state index contributed by atoms with van der Waals surface area (Å²) < 4.78 is 27.5. The van der Waals surface area contributed by atoms with Crippen molar-refractivity contribution in [3.05, 3.63) is 78.1 Å². The van der Waals surface area contributed by atoms with Crippen LogP contribution in [-0.4, -0.2) is 24.5 Å². The Labute approximate surface area is 169 Å². The predicted molar refractivity (Wildman–Crippen MR) is 105 cm³/mol. The maximum Gasteiger partial charge on any atom is 0.335 e. The van der Waals surface area contributed by atoms with Gasteiger partial charge in [-0.1, -0.05) is 23.8 Å². The van der Waals surface area contributed by atoms with Crippen molar-refractivity contribution in [2.45, 2.75) is 6.92 Å². The number of anilines is 1. The van der Waals surface area contributed by atoms with E-state index in [-0.39, 0.29) is 5.91 Å². The normalized spacial score (nSPS) is 9.97. The number of benzene rings is 2. The van der Waals surface area contributed by atoms with E-state index in [0.29, 0.717) is 34.4 Å². The van der Waals surface area contributed by atoms with Crippen LogP contribution < -0.4 is 5.32 Å². The molecule has 146 valence electrons. The summed E-state index contributed by atoms with van der Waals surface area (Å²) >= 11 is -0.750. The fraction of sp³-hybridized carbons (Fsp3) is 0.0500. The van der Waals surface area contributed by atoms with Crippen molar-refractivity contribution in [1.29, 1.82) is 0 Å². The maximum atomic E-state index is 12.4. The second-order valence-corrected chi connectivity index (χ2v) is 5.99. The standard InChI is InChI=1S/C20H15N3O3.O2S/c1-13-7-9-14(10-8-13)18(24)21-16-5-2-4-15(12-16)19-22-23-20(26-19)17-6-3-11-25-17;1-3-2/h2-12H,1H3,(H,21,24);. The first kappa shape index (κ1) is 19.9. The number of furan rings is 1. The molecule has 0 spiro atoms. The summed E-state index contributed by atoms with van der Waals surface area (Å²) in [5, 5.41) is 10.9. The van der Waals surface area contributed by atoms with Gasteiger partial charge in [-0.3, -0.25) is 4.79 Å². The number of nitrogens with zero attached hydrogens (tertiary/aromatic N) is 2. The molecule has 0 unspecified atom stereocenters. The number of rotatable bonds is 4. The number of carbonyl (C=O) groups is 1. The maximum absolute atomic E-state index is 12.4. The van der Waals surface area contributed by atoms with Crippen LogP contribution in [0.25, 0.3) is 23.1 Å². The van der Waals surface area contributed by atoms with Crippen molar-refractivity contribution in [3.63, 3.8) is 0 Å². The van der Waals surface area contributed by atoms with E-state index in [9.17, 15) is 4.79 Å². The number of carbonyl (C=O) groups excluding carboxylic acids is 1. The van der Waals surface area contributed by atoms with Gasteiger partial charge in [-0.2, -0.15) is 8.42 Å². The largest absolute Gasteiger partial charge is 0.459 e. The van der Waals surface area contributed by atoms with Gasteiger partial charge in [0.1, 0.15) is 0 Å². The zero-order valence-electron chi connectivity index (χ0n) is 15.2. The van der Waals surface area contributed by atoms with E-state index in [1.54, 1.807) is 42.7 Å². The molecular weight excluding hydrogens is 394 g/mol. The molecule has 1 amide bonds. The molecule has 2 heterocycles. The van der Waals surface area contributed by atoms with Crippen molar-refractivity contribution < 1.29 is 22.0 Å². The first-order valence-corrected chi connectivity index (χ1v) is 9.05. The summed E-state index contributed by atoms with van der Waals surface area (Å²) in [6, 6.07) is 18.1. The van der Waals surface area contributed by atoms with Gasteiger partial charge in [0.05, 0.1) is 6.26 Å². The minimum absolute atomic E-state index is 0.177. The summed E-state index contributed by atoms with van der Waals surface area (Å²) in [6.07, 6.45) is 1.54. The van der Waals surface area contributed by atoms with Crippen LogP contribution in [0.1, 0.15) is 15.9 Å². The van der Waals surface area contributed by atoms with Crippen LogP contribution in [0.2, 0.25) is 0 Å². The average molecular weight is 409 g/mol. The lowest BCUT2D eigenvalue weighted by molar-refractivity contribution is 0.102. The zero-order valence-corrected chi connectivity index (χ0v) is 16.0. The van der Waals surface area contributed by atoms with E-state index in [1.807, 2.05) is 31.2 Å². The van der Waals surface area contributed by atoms with Crippen LogP contribution in [0.15, 0.2) is 75.8 Å². The third-order valence-electron chi connectivity index (χ3n) is 3.84. The first-order chi connectivity index (χ1) is 14.1. The fourth-order valence-corrected chi connectivity index (χ4v) is 2.48. The molecule has 0 aliphatic rings. The van der Waals surface area contributed by atoms with Gasteiger partial charge in [-0.05, 0) is 49.4 Å². The molecule has 0 fully saturated rings. The molecule has 9 heteroatoms. The average Bonchev–Trinajstić information content (AvgIpc) is 3.41. The Kier molecular flexibility index (Phi) is 6.43. The van der Waals surface area contributed by atoms with Crippen LogP contribution in [0.4, 0.5) is 5.69 Å². The molecule has 0 saturated carbocycles. The number of aromatic nitrogens is 2. The molecule has 2 aromatic carbocycles. The second-order valence-electron chi connectivity index (χ2n) is 5.86. The Balaban J connectivity index is 0.000000755. The number of aryl methyl sites for hydroxylation is 1. The summed E-state index contributed by atoms with van der Waals surface area (Å²) in [7, 11) is 0.